The number of halogens is 1. The molecule has 0 aliphatic rings. The van der Waals surface area contributed by atoms with E-state index in [4.69, 9.17) is 5.73 Å². The van der Waals surface area contributed by atoms with Gasteiger partial charge in [0.25, 0.3) is 0 Å². The summed E-state index contributed by atoms with van der Waals surface area (Å²) >= 11 is 3.43. The number of hydrogen-bond acceptors (Lipinski definition) is 2. The van der Waals surface area contributed by atoms with Crippen molar-refractivity contribution in [2.45, 2.75) is 25.8 Å². The van der Waals surface area contributed by atoms with E-state index in [9.17, 15) is 4.79 Å². The van der Waals surface area contributed by atoms with Gasteiger partial charge in [-0.2, -0.15) is 0 Å². The van der Waals surface area contributed by atoms with Gasteiger partial charge in [-0.15, -0.1) is 0 Å². The Morgan fingerprint density at radius 2 is 2.19 bits per heavy atom. The molecule has 0 fully saturated rings. The molecule has 4 heteroatoms. The molecule has 88 valence electrons. The number of carbonyl (C=O) groups is 1. The predicted octanol–water partition coefficient (Wildman–Crippen LogP) is 1.85. The van der Waals surface area contributed by atoms with Crippen LogP contribution in [0.25, 0.3) is 0 Å². The standard InChI is InChI=1S/C12H17BrN2O/c1-12(2,15-11(16)8-14)7-9-4-3-5-10(13)6-9/h3-6H,7-8,14H2,1-2H3,(H,15,16). The second kappa shape index (κ2) is 5.46. The Kier molecular flexibility index (Phi) is 4.50. The van der Waals surface area contributed by atoms with Crippen molar-refractivity contribution in [3.8, 4) is 0 Å². The molecule has 1 aromatic rings. The normalized spacial score (nSPS) is 11.2. The smallest absolute Gasteiger partial charge is 0.234 e. The Morgan fingerprint density at radius 1 is 1.50 bits per heavy atom. The Hall–Kier alpha value is -0.870. The van der Waals surface area contributed by atoms with E-state index >= 15 is 0 Å². The second-order valence-electron chi connectivity index (χ2n) is 4.44. The third-order valence-electron chi connectivity index (χ3n) is 2.20. The third kappa shape index (κ3) is 4.33. The summed E-state index contributed by atoms with van der Waals surface area (Å²) < 4.78 is 1.05. The number of nitrogens with one attached hydrogen (secondary N) is 1. The van der Waals surface area contributed by atoms with Gasteiger partial charge in [-0.1, -0.05) is 28.1 Å². The predicted molar refractivity (Wildman–Crippen MR) is 69.1 cm³/mol. The van der Waals surface area contributed by atoms with Crippen molar-refractivity contribution >= 4 is 21.8 Å². The molecule has 0 aliphatic heterocycles. The summed E-state index contributed by atoms with van der Waals surface area (Å²) in [5.41, 5.74) is 6.17. The van der Waals surface area contributed by atoms with Crippen molar-refractivity contribution in [2.24, 2.45) is 5.73 Å². The summed E-state index contributed by atoms with van der Waals surface area (Å²) in [5, 5.41) is 2.89. The molecule has 0 saturated heterocycles. The lowest BCUT2D eigenvalue weighted by atomic mass is 9.95. The topological polar surface area (TPSA) is 55.1 Å². The highest BCUT2D eigenvalue weighted by Gasteiger charge is 2.20. The average Bonchev–Trinajstić information content (AvgIpc) is 2.15. The van der Waals surface area contributed by atoms with Crippen LogP contribution in [0.3, 0.4) is 0 Å². The van der Waals surface area contributed by atoms with Gasteiger partial charge >= 0.3 is 0 Å². The summed E-state index contributed by atoms with van der Waals surface area (Å²) in [4.78, 5) is 11.2. The Balaban J connectivity index is 2.68. The van der Waals surface area contributed by atoms with E-state index < -0.39 is 0 Å². The van der Waals surface area contributed by atoms with Crippen LogP contribution in [-0.2, 0) is 11.2 Å². The van der Waals surface area contributed by atoms with Crippen LogP contribution in [0.2, 0.25) is 0 Å². The molecule has 1 amide bonds. The largest absolute Gasteiger partial charge is 0.350 e. The SMILES string of the molecule is CC(C)(Cc1cccc(Br)c1)NC(=O)CN. The number of nitrogens with two attached hydrogens (primary N) is 1. The van der Waals surface area contributed by atoms with Crippen molar-refractivity contribution < 1.29 is 4.79 Å². The molecule has 1 rings (SSSR count). The fourth-order valence-corrected chi connectivity index (χ4v) is 2.08. The van der Waals surface area contributed by atoms with Crippen LogP contribution in [0.5, 0.6) is 0 Å². The van der Waals surface area contributed by atoms with Gasteiger partial charge in [0, 0.05) is 10.0 Å². The van der Waals surface area contributed by atoms with Gasteiger partial charge in [0.1, 0.15) is 0 Å². The van der Waals surface area contributed by atoms with E-state index in [-0.39, 0.29) is 18.0 Å². The molecule has 0 unspecified atom stereocenters. The van der Waals surface area contributed by atoms with Gasteiger partial charge in [0.2, 0.25) is 5.91 Å². The minimum atomic E-state index is -0.281. The maximum atomic E-state index is 11.2. The highest BCUT2D eigenvalue weighted by molar-refractivity contribution is 9.10. The minimum Gasteiger partial charge on any atom is -0.350 e. The Labute approximate surface area is 105 Å². The molecule has 0 heterocycles. The van der Waals surface area contributed by atoms with Crippen molar-refractivity contribution in [2.75, 3.05) is 6.54 Å². The van der Waals surface area contributed by atoms with Gasteiger partial charge in [-0.05, 0) is 38.0 Å². The van der Waals surface area contributed by atoms with E-state index in [1.807, 2.05) is 32.0 Å². The molecule has 1 aromatic carbocycles. The molecule has 0 atom stereocenters. The molecule has 16 heavy (non-hydrogen) atoms. The van der Waals surface area contributed by atoms with Crippen LogP contribution in [0, 0.1) is 0 Å². The monoisotopic (exact) mass is 284 g/mol. The van der Waals surface area contributed by atoms with Gasteiger partial charge in [-0.25, -0.2) is 0 Å². The molecule has 3 nitrogen and oxygen atoms in total. The quantitative estimate of drug-likeness (QED) is 0.887. The molecular weight excluding hydrogens is 268 g/mol. The zero-order chi connectivity index (χ0) is 12.2. The molecular formula is C12H17BrN2O. The van der Waals surface area contributed by atoms with Crippen LogP contribution in [-0.4, -0.2) is 18.0 Å². The van der Waals surface area contributed by atoms with Crippen molar-refractivity contribution in [1.82, 2.24) is 5.32 Å². The van der Waals surface area contributed by atoms with E-state index in [1.165, 1.54) is 5.56 Å². The lowest BCUT2D eigenvalue weighted by Crippen LogP contribution is -2.47. The maximum Gasteiger partial charge on any atom is 0.234 e. The van der Waals surface area contributed by atoms with Crippen molar-refractivity contribution in [3.05, 3.63) is 34.3 Å². The summed E-state index contributed by atoms with van der Waals surface area (Å²) in [6.07, 6.45) is 0.776. The summed E-state index contributed by atoms with van der Waals surface area (Å²) in [6, 6.07) is 8.06. The first-order valence-electron chi connectivity index (χ1n) is 5.18. The average molecular weight is 285 g/mol. The number of amides is 1. The van der Waals surface area contributed by atoms with Crippen LogP contribution >= 0.6 is 15.9 Å². The first kappa shape index (κ1) is 13.2. The first-order valence-corrected chi connectivity index (χ1v) is 5.98. The third-order valence-corrected chi connectivity index (χ3v) is 2.69. The van der Waals surface area contributed by atoms with Crippen LogP contribution in [0.4, 0.5) is 0 Å². The zero-order valence-electron chi connectivity index (χ0n) is 9.59. The summed E-state index contributed by atoms with van der Waals surface area (Å²) in [7, 11) is 0. The zero-order valence-corrected chi connectivity index (χ0v) is 11.2. The fourth-order valence-electron chi connectivity index (χ4n) is 1.63. The molecule has 0 radical (unpaired) electrons. The van der Waals surface area contributed by atoms with Gasteiger partial charge < -0.3 is 11.1 Å². The van der Waals surface area contributed by atoms with E-state index in [0.717, 1.165) is 10.9 Å². The van der Waals surface area contributed by atoms with E-state index in [2.05, 4.69) is 27.3 Å². The van der Waals surface area contributed by atoms with Gasteiger partial charge in [0.05, 0.1) is 6.54 Å². The molecule has 0 aliphatic carbocycles. The van der Waals surface area contributed by atoms with E-state index in [0.29, 0.717) is 0 Å². The maximum absolute atomic E-state index is 11.2. The fraction of sp³-hybridized carbons (Fsp3) is 0.417. The van der Waals surface area contributed by atoms with Crippen LogP contribution in [0.15, 0.2) is 28.7 Å². The Morgan fingerprint density at radius 3 is 2.75 bits per heavy atom. The highest BCUT2D eigenvalue weighted by atomic mass is 79.9. The first-order chi connectivity index (χ1) is 7.43. The summed E-state index contributed by atoms with van der Waals surface area (Å²) in [5.74, 6) is -0.125. The van der Waals surface area contributed by atoms with Crippen molar-refractivity contribution in [1.29, 1.82) is 0 Å². The molecule has 0 spiro atoms. The minimum absolute atomic E-state index is 0.0297. The molecule has 0 saturated carbocycles. The second-order valence-corrected chi connectivity index (χ2v) is 5.36. The lowest BCUT2D eigenvalue weighted by molar-refractivity contribution is -0.121. The molecule has 0 aromatic heterocycles. The number of hydrogen-bond donors (Lipinski definition) is 2. The highest BCUT2D eigenvalue weighted by Crippen LogP contribution is 2.17. The molecule has 0 bridgehead atoms. The number of benzene rings is 1. The van der Waals surface area contributed by atoms with Crippen LogP contribution < -0.4 is 11.1 Å². The van der Waals surface area contributed by atoms with Crippen LogP contribution in [0.1, 0.15) is 19.4 Å². The van der Waals surface area contributed by atoms with Gasteiger partial charge in [-0.3, -0.25) is 4.79 Å². The number of rotatable bonds is 4. The molecule has 3 N–H and O–H groups in total. The summed E-state index contributed by atoms with van der Waals surface area (Å²) in [6.45, 7) is 4.00. The van der Waals surface area contributed by atoms with E-state index in [1.54, 1.807) is 0 Å². The lowest BCUT2D eigenvalue weighted by Gasteiger charge is -2.26. The Bertz CT molecular complexity index is 377. The van der Waals surface area contributed by atoms with Gasteiger partial charge in [0.15, 0.2) is 0 Å². The van der Waals surface area contributed by atoms with Crippen molar-refractivity contribution in [3.63, 3.8) is 0 Å². The number of carbonyl (C=O) groups excluding carboxylic acids is 1.